The quantitative estimate of drug-likeness (QED) is 0.565. The Balaban J connectivity index is 2.83. The van der Waals surface area contributed by atoms with Crippen LogP contribution in [0.2, 0.25) is 10.6 Å². The van der Waals surface area contributed by atoms with Crippen LogP contribution in [0.1, 0.15) is 13.8 Å². The highest BCUT2D eigenvalue weighted by Gasteiger charge is 2.03. The maximum Gasteiger partial charge on any atom is 0.351 e. The van der Waals surface area contributed by atoms with Gasteiger partial charge in [0.2, 0.25) is 10.6 Å². The first-order valence-electron chi connectivity index (χ1n) is 3.33. The van der Waals surface area contributed by atoms with Crippen molar-refractivity contribution < 1.29 is 4.84 Å². The molecule has 0 saturated carbocycles. The SMILES string of the molecule is CC(C)=NOc1nc(Cl)nc(Cl)n1. The molecule has 0 aliphatic rings. The van der Waals surface area contributed by atoms with Crippen LogP contribution in [0.5, 0.6) is 6.01 Å². The number of rotatable bonds is 2. The van der Waals surface area contributed by atoms with Gasteiger partial charge in [-0.3, -0.25) is 0 Å². The summed E-state index contributed by atoms with van der Waals surface area (Å²) in [5.74, 6) is 0. The molecule has 1 heterocycles. The highest BCUT2D eigenvalue weighted by atomic mass is 35.5. The molecule has 0 aliphatic carbocycles. The van der Waals surface area contributed by atoms with Gasteiger partial charge in [0.05, 0.1) is 5.71 Å². The summed E-state index contributed by atoms with van der Waals surface area (Å²) >= 11 is 11.0. The van der Waals surface area contributed by atoms with E-state index < -0.39 is 0 Å². The molecule has 1 aromatic heterocycles. The lowest BCUT2D eigenvalue weighted by Gasteiger charge is -1.96. The van der Waals surface area contributed by atoms with Gasteiger partial charge in [0.1, 0.15) is 0 Å². The monoisotopic (exact) mass is 220 g/mol. The van der Waals surface area contributed by atoms with Gasteiger partial charge < -0.3 is 4.84 Å². The molecule has 70 valence electrons. The molecule has 13 heavy (non-hydrogen) atoms. The zero-order valence-electron chi connectivity index (χ0n) is 6.95. The third-order valence-electron chi connectivity index (χ3n) is 0.870. The Labute approximate surface area is 84.8 Å². The first-order chi connectivity index (χ1) is 6.08. The minimum absolute atomic E-state index is 0.0220. The lowest BCUT2D eigenvalue weighted by Crippen LogP contribution is -1.96. The fourth-order valence-corrected chi connectivity index (χ4v) is 0.830. The third-order valence-corrected chi connectivity index (χ3v) is 1.21. The number of aromatic nitrogens is 3. The van der Waals surface area contributed by atoms with E-state index in [0.29, 0.717) is 0 Å². The lowest BCUT2D eigenvalue weighted by molar-refractivity contribution is 0.311. The number of hydrogen-bond donors (Lipinski definition) is 0. The molecule has 0 amide bonds. The predicted molar refractivity (Wildman–Crippen MR) is 49.3 cm³/mol. The zero-order valence-corrected chi connectivity index (χ0v) is 8.46. The fourth-order valence-electron chi connectivity index (χ4n) is 0.482. The van der Waals surface area contributed by atoms with Gasteiger partial charge in [0.15, 0.2) is 0 Å². The number of hydrogen-bond acceptors (Lipinski definition) is 5. The molecule has 0 aromatic carbocycles. The fraction of sp³-hybridized carbons (Fsp3) is 0.333. The van der Waals surface area contributed by atoms with Crippen LogP contribution in [0.15, 0.2) is 5.16 Å². The Kier molecular flexibility index (Phi) is 3.39. The molecule has 0 aliphatic heterocycles. The Hall–Kier alpha value is -0.940. The van der Waals surface area contributed by atoms with Crippen molar-refractivity contribution in [2.75, 3.05) is 0 Å². The second kappa shape index (κ2) is 4.34. The highest BCUT2D eigenvalue weighted by Crippen LogP contribution is 2.11. The molecule has 0 bridgehead atoms. The van der Waals surface area contributed by atoms with Crippen LogP contribution in [-0.4, -0.2) is 20.7 Å². The second-order valence-corrected chi connectivity index (χ2v) is 2.96. The van der Waals surface area contributed by atoms with Gasteiger partial charge in [-0.25, -0.2) is 0 Å². The summed E-state index contributed by atoms with van der Waals surface area (Å²) in [6, 6.07) is -0.0220. The van der Waals surface area contributed by atoms with Gasteiger partial charge >= 0.3 is 6.01 Å². The maximum atomic E-state index is 5.49. The Bertz CT molecular complexity index is 317. The summed E-state index contributed by atoms with van der Waals surface area (Å²) in [7, 11) is 0. The van der Waals surface area contributed by atoms with E-state index in [1.54, 1.807) is 13.8 Å². The van der Waals surface area contributed by atoms with Crippen molar-refractivity contribution in [3.63, 3.8) is 0 Å². The van der Waals surface area contributed by atoms with Crippen molar-refractivity contribution in [3.8, 4) is 6.01 Å². The van der Waals surface area contributed by atoms with Gasteiger partial charge in [-0.1, -0.05) is 5.16 Å². The Morgan fingerprint density at radius 2 is 1.69 bits per heavy atom. The summed E-state index contributed by atoms with van der Waals surface area (Å²) in [4.78, 5) is 15.6. The molecule has 0 atom stereocenters. The molecule has 5 nitrogen and oxygen atoms in total. The largest absolute Gasteiger partial charge is 0.351 e. The van der Waals surface area contributed by atoms with Crippen LogP contribution >= 0.6 is 23.2 Å². The van der Waals surface area contributed by atoms with Crippen molar-refractivity contribution in [1.29, 1.82) is 0 Å². The molecule has 1 aromatic rings. The van der Waals surface area contributed by atoms with Crippen molar-refractivity contribution in [2.24, 2.45) is 5.16 Å². The van der Waals surface area contributed by atoms with E-state index in [-0.39, 0.29) is 16.6 Å². The second-order valence-electron chi connectivity index (χ2n) is 2.29. The predicted octanol–water partition coefficient (Wildman–Crippen LogP) is 1.95. The van der Waals surface area contributed by atoms with Gasteiger partial charge in [0, 0.05) is 0 Å². The smallest absolute Gasteiger partial charge is 0.315 e. The summed E-state index contributed by atoms with van der Waals surface area (Å²) in [6.07, 6.45) is 0. The van der Waals surface area contributed by atoms with Gasteiger partial charge in [-0.15, -0.1) is 0 Å². The zero-order chi connectivity index (χ0) is 9.84. The molecule has 0 radical (unpaired) electrons. The summed E-state index contributed by atoms with van der Waals surface area (Å²) in [5.41, 5.74) is 0.729. The van der Waals surface area contributed by atoms with E-state index in [4.69, 9.17) is 28.0 Å². The van der Waals surface area contributed by atoms with E-state index in [9.17, 15) is 0 Å². The maximum absolute atomic E-state index is 5.49. The first-order valence-corrected chi connectivity index (χ1v) is 4.09. The normalized spacial score (nSPS) is 9.54. The first kappa shape index (κ1) is 10.1. The molecule has 0 spiro atoms. The van der Waals surface area contributed by atoms with Crippen molar-refractivity contribution in [1.82, 2.24) is 15.0 Å². The average molecular weight is 221 g/mol. The van der Waals surface area contributed by atoms with Crippen LogP contribution in [-0.2, 0) is 0 Å². The van der Waals surface area contributed by atoms with E-state index in [1.165, 1.54) is 0 Å². The van der Waals surface area contributed by atoms with E-state index in [1.807, 2.05) is 0 Å². The van der Waals surface area contributed by atoms with E-state index in [2.05, 4.69) is 20.1 Å². The van der Waals surface area contributed by atoms with Crippen LogP contribution in [0, 0.1) is 0 Å². The Morgan fingerprint density at radius 3 is 2.15 bits per heavy atom. The number of oxime groups is 1. The molecular formula is C6H6Cl2N4O. The molecule has 7 heteroatoms. The molecule has 0 unspecified atom stereocenters. The lowest BCUT2D eigenvalue weighted by atomic mass is 10.5. The van der Waals surface area contributed by atoms with Crippen LogP contribution in [0.4, 0.5) is 0 Å². The molecule has 1 rings (SSSR count). The third kappa shape index (κ3) is 3.52. The highest BCUT2D eigenvalue weighted by molar-refractivity contribution is 6.31. The number of nitrogens with zero attached hydrogens (tertiary/aromatic N) is 4. The van der Waals surface area contributed by atoms with Gasteiger partial charge in [0.25, 0.3) is 0 Å². The van der Waals surface area contributed by atoms with Gasteiger partial charge in [-0.05, 0) is 37.0 Å². The van der Waals surface area contributed by atoms with Crippen LogP contribution in [0.25, 0.3) is 0 Å². The molecule has 0 saturated heterocycles. The summed E-state index contributed by atoms with van der Waals surface area (Å²) < 4.78 is 0. The molecular weight excluding hydrogens is 215 g/mol. The minimum Gasteiger partial charge on any atom is -0.315 e. The topological polar surface area (TPSA) is 60.3 Å². The van der Waals surface area contributed by atoms with Crippen molar-refractivity contribution in [2.45, 2.75) is 13.8 Å². The summed E-state index contributed by atoms with van der Waals surface area (Å²) in [5, 5.41) is 3.57. The van der Waals surface area contributed by atoms with Crippen LogP contribution in [0.3, 0.4) is 0 Å². The summed E-state index contributed by atoms with van der Waals surface area (Å²) in [6.45, 7) is 3.54. The van der Waals surface area contributed by atoms with Gasteiger partial charge in [-0.2, -0.15) is 15.0 Å². The van der Waals surface area contributed by atoms with Crippen LogP contribution < -0.4 is 4.84 Å². The van der Waals surface area contributed by atoms with E-state index >= 15 is 0 Å². The minimum atomic E-state index is -0.0287. The van der Waals surface area contributed by atoms with Crippen molar-refractivity contribution >= 4 is 28.9 Å². The number of halogens is 2. The molecule has 0 N–H and O–H groups in total. The average Bonchev–Trinajstić information content (AvgIpc) is 1.99. The molecule has 0 fully saturated rings. The van der Waals surface area contributed by atoms with E-state index in [0.717, 1.165) is 5.71 Å². The Morgan fingerprint density at radius 1 is 1.15 bits per heavy atom. The standard InChI is InChI=1S/C6H6Cl2N4O/c1-3(2)12-13-6-10-4(7)9-5(8)11-6/h1-2H3. The van der Waals surface area contributed by atoms with Crippen molar-refractivity contribution in [3.05, 3.63) is 10.6 Å².